The highest BCUT2D eigenvalue weighted by atomic mass is 28.3. The second-order valence-corrected chi connectivity index (χ2v) is 16.2. The Kier molecular flexibility index (Phi) is 6.65. The first kappa shape index (κ1) is 25.2. The number of anilines is 1. The third-order valence-corrected chi connectivity index (χ3v) is 8.12. The maximum atomic E-state index is 15.4. The van der Waals surface area contributed by atoms with Crippen LogP contribution < -0.4 is 11.1 Å². The van der Waals surface area contributed by atoms with Crippen molar-refractivity contribution in [2.24, 2.45) is 5.73 Å². The molecule has 0 amide bonds. The molecule has 3 N–H and O–H groups in total. The average molecular weight is 521 g/mol. The molecule has 2 aromatic heterocycles. The van der Waals surface area contributed by atoms with Crippen molar-refractivity contribution in [2.45, 2.75) is 51.4 Å². The third kappa shape index (κ3) is 5.46. The molecule has 4 aromatic rings. The first-order valence-corrected chi connectivity index (χ1v) is 16.1. The SMILES string of the molecule is CC(OC1=Cc2ccccc2NC1(N)F)c1cc2c(cc1-n1cccn1)ncn2COCC[Si](C)(C)C. The van der Waals surface area contributed by atoms with Gasteiger partial charge in [0.15, 0.2) is 5.76 Å². The van der Waals surface area contributed by atoms with Gasteiger partial charge in [0, 0.05) is 43.9 Å². The van der Waals surface area contributed by atoms with Gasteiger partial charge in [-0.15, -0.1) is 0 Å². The number of hydrogen-bond acceptors (Lipinski definition) is 6. The monoisotopic (exact) mass is 520 g/mol. The van der Waals surface area contributed by atoms with Crippen LogP contribution in [0.1, 0.15) is 24.2 Å². The number of ether oxygens (including phenoxy) is 2. The summed E-state index contributed by atoms with van der Waals surface area (Å²) in [5.74, 6) is -2.33. The van der Waals surface area contributed by atoms with Gasteiger partial charge in [0.2, 0.25) is 0 Å². The van der Waals surface area contributed by atoms with E-state index in [9.17, 15) is 0 Å². The molecule has 8 nitrogen and oxygen atoms in total. The first-order chi connectivity index (χ1) is 17.6. The Morgan fingerprint density at radius 3 is 2.76 bits per heavy atom. The number of nitrogens with two attached hydrogens (primary N) is 1. The number of nitrogens with one attached hydrogen (secondary N) is 1. The summed E-state index contributed by atoms with van der Waals surface area (Å²) in [5, 5.41) is 7.14. The van der Waals surface area contributed by atoms with Gasteiger partial charge in [-0.2, -0.15) is 9.49 Å². The van der Waals surface area contributed by atoms with E-state index < -0.39 is 20.1 Å². The maximum absolute atomic E-state index is 15.4. The molecule has 37 heavy (non-hydrogen) atoms. The highest BCUT2D eigenvalue weighted by Gasteiger charge is 2.36. The molecule has 5 rings (SSSR count). The minimum Gasteiger partial charge on any atom is -0.483 e. The first-order valence-electron chi connectivity index (χ1n) is 12.4. The summed E-state index contributed by atoms with van der Waals surface area (Å²) >= 11 is 0. The van der Waals surface area contributed by atoms with Crippen molar-refractivity contribution in [3.05, 3.63) is 78.1 Å². The summed E-state index contributed by atoms with van der Waals surface area (Å²) in [6, 6.07) is 14.3. The van der Waals surface area contributed by atoms with E-state index in [-0.39, 0.29) is 5.76 Å². The average Bonchev–Trinajstić information content (AvgIpc) is 3.50. The Bertz CT molecular complexity index is 1420. The molecule has 0 fully saturated rings. The van der Waals surface area contributed by atoms with Gasteiger partial charge in [-0.25, -0.2) is 9.67 Å². The van der Waals surface area contributed by atoms with Crippen LogP contribution in [-0.2, 0) is 16.2 Å². The Labute approximate surface area is 216 Å². The Morgan fingerprint density at radius 1 is 1.19 bits per heavy atom. The number of fused-ring (bicyclic) bond motifs is 2. The number of benzene rings is 2. The summed E-state index contributed by atoms with van der Waals surface area (Å²) in [6.45, 7) is 9.98. The van der Waals surface area contributed by atoms with Crippen molar-refractivity contribution in [3.8, 4) is 5.69 Å². The van der Waals surface area contributed by atoms with Crippen LogP contribution in [0.15, 0.2) is 66.9 Å². The fraction of sp³-hybridized carbons (Fsp3) is 0.333. The second kappa shape index (κ2) is 9.77. The number of hydrogen-bond donors (Lipinski definition) is 2. The molecule has 1 aliphatic heterocycles. The summed E-state index contributed by atoms with van der Waals surface area (Å²) in [4.78, 5) is 4.59. The fourth-order valence-electron chi connectivity index (χ4n) is 4.30. The van der Waals surface area contributed by atoms with Gasteiger partial charge in [-0.1, -0.05) is 37.8 Å². The largest absolute Gasteiger partial charge is 0.483 e. The van der Waals surface area contributed by atoms with E-state index in [2.05, 4.69) is 35.0 Å². The molecular formula is C27H33FN6O2Si. The van der Waals surface area contributed by atoms with Crippen molar-refractivity contribution >= 4 is 30.9 Å². The van der Waals surface area contributed by atoms with Gasteiger partial charge >= 0.3 is 0 Å². The molecule has 0 saturated heterocycles. The number of nitrogens with zero attached hydrogens (tertiary/aromatic N) is 4. The number of halogens is 1. The van der Waals surface area contributed by atoms with E-state index >= 15 is 4.39 Å². The minimum atomic E-state index is -2.34. The quantitative estimate of drug-likeness (QED) is 0.168. The number of rotatable bonds is 9. The van der Waals surface area contributed by atoms with Crippen molar-refractivity contribution in [1.82, 2.24) is 19.3 Å². The van der Waals surface area contributed by atoms with Crippen LogP contribution in [0, 0.1) is 0 Å². The Balaban J connectivity index is 1.47. The van der Waals surface area contributed by atoms with Gasteiger partial charge in [0.1, 0.15) is 12.8 Å². The third-order valence-electron chi connectivity index (χ3n) is 6.41. The van der Waals surface area contributed by atoms with E-state index in [1.165, 1.54) is 0 Å². The van der Waals surface area contributed by atoms with Crippen LogP contribution in [0.5, 0.6) is 0 Å². The van der Waals surface area contributed by atoms with Crippen LogP contribution in [0.3, 0.4) is 0 Å². The van der Waals surface area contributed by atoms with Crippen LogP contribution in [0.4, 0.5) is 10.1 Å². The molecule has 0 bridgehead atoms. The predicted molar refractivity (Wildman–Crippen MR) is 147 cm³/mol. The van der Waals surface area contributed by atoms with Crippen molar-refractivity contribution in [2.75, 3.05) is 11.9 Å². The molecular weight excluding hydrogens is 487 g/mol. The lowest BCUT2D eigenvalue weighted by molar-refractivity contribution is 0.0635. The molecule has 2 aromatic carbocycles. The Morgan fingerprint density at radius 2 is 2.00 bits per heavy atom. The van der Waals surface area contributed by atoms with Crippen molar-refractivity contribution in [1.29, 1.82) is 0 Å². The number of para-hydroxylation sites is 1. The molecule has 194 valence electrons. The van der Waals surface area contributed by atoms with Gasteiger partial charge in [0.25, 0.3) is 5.92 Å². The molecule has 10 heteroatoms. The normalized spacial score (nSPS) is 18.3. The molecule has 3 heterocycles. The van der Waals surface area contributed by atoms with E-state index in [0.717, 1.165) is 33.9 Å². The number of alkyl halides is 1. The zero-order valence-electron chi connectivity index (χ0n) is 21.6. The van der Waals surface area contributed by atoms with Gasteiger partial charge in [-0.05, 0) is 43.3 Å². The lowest BCUT2D eigenvalue weighted by Gasteiger charge is -2.32. The summed E-state index contributed by atoms with van der Waals surface area (Å²) in [5.41, 5.74) is 10.7. The zero-order chi connectivity index (χ0) is 26.2. The predicted octanol–water partition coefficient (Wildman–Crippen LogP) is 5.66. The summed E-state index contributed by atoms with van der Waals surface area (Å²) < 4.78 is 31.3. The minimum absolute atomic E-state index is 0.00778. The summed E-state index contributed by atoms with van der Waals surface area (Å²) in [7, 11) is -1.18. The van der Waals surface area contributed by atoms with Gasteiger partial charge < -0.3 is 19.4 Å². The van der Waals surface area contributed by atoms with E-state index in [0.29, 0.717) is 19.0 Å². The highest BCUT2D eigenvalue weighted by Crippen LogP contribution is 2.37. The molecule has 0 radical (unpaired) electrons. The van der Waals surface area contributed by atoms with E-state index in [1.807, 2.05) is 54.1 Å². The standard InChI is InChI=1S/C27H33FN6O2Si/c1-19(36-26-14-20-8-5-6-9-22(20)32-27(26,28)29)21-15-25-23(16-24(21)34-11-7-10-31-34)30-17-33(25)18-35-12-13-37(2,3)4/h5-11,14-17,19,32H,12-13,18,29H2,1-4H3. The molecule has 2 atom stereocenters. The smallest absolute Gasteiger partial charge is 0.291 e. The van der Waals surface area contributed by atoms with Gasteiger partial charge in [0.05, 0.1) is 23.0 Å². The van der Waals surface area contributed by atoms with Gasteiger partial charge in [-0.3, -0.25) is 5.73 Å². The molecule has 0 spiro atoms. The highest BCUT2D eigenvalue weighted by molar-refractivity contribution is 6.76. The number of imidazole rings is 1. The van der Waals surface area contributed by atoms with E-state index in [1.54, 1.807) is 29.3 Å². The summed E-state index contributed by atoms with van der Waals surface area (Å²) in [6.07, 6.45) is 6.44. The lowest BCUT2D eigenvalue weighted by atomic mass is 10.0. The second-order valence-electron chi connectivity index (χ2n) is 10.6. The van der Waals surface area contributed by atoms with E-state index in [4.69, 9.17) is 15.2 Å². The van der Waals surface area contributed by atoms with Crippen LogP contribution in [0.2, 0.25) is 25.7 Å². The van der Waals surface area contributed by atoms with Crippen LogP contribution in [-0.4, -0.2) is 39.9 Å². The van der Waals surface area contributed by atoms with Crippen molar-refractivity contribution in [3.63, 3.8) is 0 Å². The zero-order valence-corrected chi connectivity index (χ0v) is 22.6. The topological polar surface area (TPSA) is 92.1 Å². The number of aromatic nitrogens is 4. The van der Waals surface area contributed by atoms with Crippen molar-refractivity contribution < 1.29 is 13.9 Å². The fourth-order valence-corrected chi connectivity index (χ4v) is 5.06. The molecule has 1 aliphatic rings. The Hall–Kier alpha value is -3.47. The van der Waals surface area contributed by atoms with Crippen LogP contribution in [0.25, 0.3) is 22.8 Å². The molecule has 0 saturated carbocycles. The maximum Gasteiger partial charge on any atom is 0.291 e. The molecule has 0 aliphatic carbocycles. The molecule has 2 unspecified atom stereocenters. The lowest BCUT2D eigenvalue weighted by Crippen LogP contribution is -2.47. The van der Waals surface area contributed by atoms with Crippen LogP contribution >= 0.6 is 0 Å².